The molecule has 0 aromatic heterocycles. The Morgan fingerprint density at radius 2 is 2.13 bits per heavy atom. The first-order valence-corrected chi connectivity index (χ1v) is 4.26. The highest BCUT2D eigenvalue weighted by Gasteiger charge is 2.20. The Bertz CT molecular complexity index is 449. The number of aromatic hydroxyl groups is 1. The summed E-state index contributed by atoms with van der Waals surface area (Å²) in [7, 11) is 0. The van der Waals surface area contributed by atoms with E-state index in [1.165, 1.54) is 12.1 Å². The van der Waals surface area contributed by atoms with E-state index in [9.17, 15) is 13.9 Å². The van der Waals surface area contributed by atoms with Crippen LogP contribution in [0.5, 0.6) is 5.75 Å². The first-order chi connectivity index (χ1) is 7.02. The number of hydrogen-bond donors (Lipinski definition) is 1. The van der Waals surface area contributed by atoms with E-state index in [2.05, 4.69) is 6.58 Å². The van der Waals surface area contributed by atoms with Crippen molar-refractivity contribution in [3.63, 3.8) is 0 Å². The highest BCUT2D eigenvalue weighted by Crippen LogP contribution is 2.33. The first kappa shape index (κ1) is 11.2. The first-order valence-electron chi connectivity index (χ1n) is 4.26. The van der Waals surface area contributed by atoms with Gasteiger partial charge in [-0.25, -0.2) is 8.78 Å². The minimum absolute atomic E-state index is 0.108. The van der Waals surface area contributed by atoms with E-state index in [1.807, 2.05) is 0 Å². The van der Waals surface area contributed by atoms with Crippen molar-refractivity contribution in [3.05, 3.63) is 41.5 Å². The summed E-state index contributed by atoms with van der Waals surface area (Å²) >= 11 is 0. The molecule has 0 saturated heterocycles. The molecule has 0 amide bonds. The monoisotopic (exact) mass is 209 g/mol. The molecule has 0 heterocycles. The van der Waals surface area contributed by atoms with Crippen molar-refractivity contribution in [1.82, 2.24) is 0 Å². The molecular formula is C11H9F2NO. The van der Waals surface area contributed by atoms with E-state index in [0.29, 0.717) is 6.07 Å². The largest absolute Gasteiger partial charge is 0.506 e. The number of benzene rings is 1. The van der Waals surface area contributed by atoms with Gasteiger partial charge in [-0.3, -0.25) is 0 Å². The fraction of sp³-hybridized carbons (Fsp3) is 0.182. The van der Waals surface area contributed by atoms with Gasteiger partial charge in [-0.15, -0.1) is 6.58 Å². The van der Waals surface area contributed by atoms with Gasteiger partial charge in [-0.2, -0.15) is 5.26 Å². The average molecular weight is 209 g/mol. The minimum atomic E-state index is -1.06. The Labute approximate surface area is 86.1 Å². The number of halogens is 2. The van der Waals surface area contributed by atoms with Crippen LogP contribution in [0.15, 0.2) is 18.7 Å². The Kier molecular flexibility index (Phi) is 3.05. The zero-order valence-electron chi connectivity index (χ0n) is 8.09. The van der Waals surface area contributed by atoms with E-state index in [1.54, 1.807) is 6.92 Å². The van der Waals surface area contributed by atoms with E-state index < -0.39 is 28.9 Å². The molecular weight excluding hydrogens is 200 g/mol. The van der Waals surface area contributed by atoms with Gasteiger partial charge in [0.25, 0.3) is 0 Å². The van der Waals surface area contributed by atoms with Gasteiger partial charge in [0, 0.05) is 17.5 Å². The molecule has 2 nitrogen and oxygen atoms in total. The fourth-order valence-electron chi connectivity index (χ4n) is 1.28. The number of rotatable bonds is 2. The van der Waals surface area contributed by atoms with Gasteiger partial charge in [-0.05, 0) is 0 Å². The molecule has 0 fully saturated rings. The van der Waals surface area contributed by atoms with Crippen molar-refractivity contribution in [2.45, 2.75) is 12.8 Å². The van der Waals surface area contributed by atoms with Gasteiger partial charge in [0.05, 0.1) is 0 Å². The molecule has 1 rings (SSSR count). The van der Waals surface area contributed by atoms with Gasteiger partial charge in [-0.1, -0.05) is 13.0 Å². The second-order valence-corrected chi connectivity index (χ2v) is 3.11. The van der Waals surface area contributed by atoms with Gasteiger partial charge in [0.1, 0.15) is 29.0 Å². The fourth-order valence-corrected chi connectivity index (χ4v) is 1.28. The summed E-state index contributed by atoms with van der Waals surface area (Å²) in [6, 6.07) is 2.08. The Morgan fingerprint density at radius 1 is 1.53 bits per heavy atom. The molecule has 15 heavy (non-hydrogen) atoms. The molecule has 1 atom stereocenters. The highest BCUT2D eigenvalue weighted by molar-refractivity contribution is 5.51. The molecule has 0 aliphatic rings. The molecule has 78 valence electrons. The smallest absolute Gasteiger partial charge is 0.147 e. The highest BCUT2D eigenvalue weighted by atomic mass is 19.1. The van der Waals surface area contributed by atoms with Crippen LogP contribution in [0.1, 0.15) is 24.0 Å². The van der Waals surface area contributed by atoms with Crippen LogP contribution >= 0.6 is 0 Å². The van der Waals surface area contributed by atoms with Crippen molar-refractivity contribution >= 4 is 0 Å². The molecule has 0 bridgehead atoms. The summed E-state index contributed by atoms with van der Waals surface area (Å²) in [5.74, 6) is -3.08. The van der Waals surface area contributed by atoms with Crippen LogP contribution in [0.3, 0.4) is 0 Å². The van der Waals surface area contributed by atoms with Crippen molar-refractivity contribution < 1.29 is 13.9 Å². The van der Waals surface area contributed by atoms with E-state index >= 15 is 0 Å². The van der Waals surface area contributed by atoms with Crippen molar-refractivity contribution in [2.24, 2.45) is 0 Å². The number of nitriles is 1. The third-order valence-electron chi connectivity index (χ3n) is 2.16. The molecule has 1 aromatic rings. The molecule has 0 spiro atoms. The number of phenolic OH excluding ortho intramolecular Hbond substituents is 1. The van der Waals surface area contributed by atoms with Crippen molar-refractivity contribution in [2.75, 3.05) is 0 Å². The number of allylic oxidation sites excluding steroid dienone is 1. The van der Waals surface area contributed by atoms with Gasteiger partial charge < -0.3 is 5.11 Å². The number of nitrogens with zero attached hydrogens (tertiary/aromatic N) is 1. The van der Waals surface area contributed by atoms with Crippen LogP contribution < -0.4 is 0 Å². The lowest BCUT2D eigenvalue weighted by Crippen LogP contribution is -1.99. The van der Waals surface area contributed by atoms with E-state index in [-0.39, 0.29) is 5.56 Å². The predicted octanol–water partition coefficient (Wildman–Crippen LogP) is 2.83. The molecule has 1 N–H and O–H groups in total. The Hall–Kier alpha value is -1.89. The summed E-state index contributed by atoms with van der Waals surface area (Å²) < 4.78 is 26.3. The van der Waals surface area contributed by atoms with Crippen molar-refractivity contribution in [3.8, 4) is 11.8 Å². The maximum absolute atomic E-state index is 13.3. The zero-order valence-corrected chi connectivity index (χ0v) is 8.09. The topological polar surface area (TPSA) is 44.0 Å². The van der Waals surface area contributed by atoms with Crippen LogP contribution in [0.25, 0.3) is 0 Å². The number of hydrogen-bond acceptors (Lipinski definition) is 2. The quantitative estimate of drug-likeness (QED) is 0.761. The Morgan fingerprint density at radius 3 is 2.60 bits per heavy atom. The lowest BCUT2D eigenvalue weighted by Gasteiger charge is -2.11. The zero-order chi connectivity index (χ0) is 11.6. The normalized spacial score (nSPS) is 11.9. The van der Waals surface area contributed by atoms with Crippen LogP contribution in [0, 0.1) is 23.0 Å². The maximum atomic E-state index is 13.3. The van der Waals surface area contributed by atoms with Gasteiger partial charge in [0.2, 0.25) is 0 Å². The molecule has 4 heteroatoms. The third-order valence-corrected chi connectivity index (χ3v) is 2.16. The second-order valence-electron chi connectivity index (χ2n) is 3.11. The third kappa shape index (κ3) is 1.82. The standard InChI is InChI=1S/C11H9F2NO/c1-3-6(2)10-9(13)4-8(12)7(5-14)11(10)15/h3-4,6,15H,1H2,2H3. The summed E-state index contributed by atoms with van der Waals surface area (Å²) in [5.41, 5.74) is -0.650. The van der Waals surface area contributed by atoms with E-state index in [4.69, 9.17) is 5.26 Å². The maximum Gasteiger partial charge on any atom is 0.147 e. The van der Waals surface area contributed by atoms with Gasteiger partial charge in [0.15, 0.2) is 0 Å². The molecule has 0 radical (unpaired) electrons. The number of phenols is 1. The molecule has 0 aliphatic heterocycles. The van der Waals surface area contributed by atoms with Crippen LogP contribution in [-0.2, 0) is 0 Å². The molecule has 1 unspecified atom stereocenters. The van der Waals surface area contributed by atoms with Crippen LogP contribution in [0.4, 0.5) is 8.78 Å². The van der Waals surface area contributed by atoms with Crippen LogP contribution in [0.2, 0.25) is 0 Å². The summed E-state index contributed by atoms with van der Waals surface area (Å²) in [6.07, 6.45) is 1.40. The average Bonchev–Trinajstić information content (AvgIpc) is 2.17. The molecule has 0 aliphatic carbocycles. The van der Waals surface area contributed by atoms with Crippen LogP contribution in [-0.4, -0.2) is 5.11 Å². The Balaban J connectivity index is 3.54. The lowest BCUT2D eigenvalue weighted by atomic mass is 9.97. The summed E-state index contributed by atoms with van der Waals surface area (Å²) in [5, 5.41) is 18.1. The predicted molar refractivity (Wildman–Crippen MR) is 51.3 cm³/mol. The summed E-state index contributed by atoms with van der Waals surface area (Å²) in [6.45, 7) is 5.03. The lowest BCUT2D eigenvalue weighted by molar-refractivity contribution is 0.445. The van der Waals surface area contributed by atoms with E-state index in [0.717, 1.165) is 0 Å². The van der Waals surface area contributed by atoms with Crippen molar-refractivity contribution in [1.29, 1.82) is 5.26 Å². The summed E-state index contributed by atoms with van der Waals surface area (Å²) in [4.78, 5) is 0. The molecule has 1 aromatic carbocycles. The minimum Gasteiger partial charge on any atom is -0.506 e. The SMILES string of the molecule is C=CC(C)c1c(F)cc(F)c(C#N)c1O. The second kappa shape index (κ2) is 4.09. The van der Waals surface area contributed by atoms with Gasteiger partial charge >= 0.3 is 0 Å². The molecule has 0 saturated carbocycles.